The minimum Gasteiger partial charge on any atom is -0.317 e. The second kappa shape index (κ2) is 5.27. The van der Waals surface area contributed by atoms with Gasteiger partial charge in [0.05, 0.1) is 0 Å². The Morgan fingerprint density at radius 1 is 1.50 bits per heavy atom. The molecule has 3 nitrogen and oxygen atoms in total. The van der Waals surface area contributed by atoms with Crippen LogP contribution in [0.2, 0.25) is 0 Å². The van der Waals surface area contributed by atoms with Gasteiger partial charge < -0.3 is 10.6 Å². The molecule has 1 aromatic heterocycles. The number of hydrogen-bond acceptors (Lipinski definition) is 4. The molecule has 0 aromatic carbocycles. The number of nitrogens with zero attached hydrogens (tertiary/aromatic N) is 1. The summed E-state index contributed by atoms with van der Waals surface area (Å²) in [4.78, 5) is 5.85. The first-order chi connectivity index (χ1) is 8.82. The molecular weight excluding hydrogens is 242 g/mol. The summed E-state index contributed by atoms with van der Waals surface area (Å²) >= 11 is 1.85. The van der Waals surface area contributed by atoms with Gasteiger partial charge in [0.25, 0.3) is 0 Å². The summed E-state index contributed by atoms with van der Waals surface area (Å²) in [5.74, 6) is 0.921. The Morgan fingerprint density at radius 3 is 3.06 bits per heavy atom. The summed E-state index contributed by atoms with van der Waals surface area (Å²) < 4.78 is 0. The van der Waals surface area contributed by atoms with Gasteiger partial charge in [-0.2, -0.15) is 0 Å². The van der Waals surface area contributed by atoms with Crippen molar-refractivity contribution in [1.29, 1.82) is 0 Å². The lowest BCUT2D eigenvalue weighted by molar-refractivity contribution is 0.319. The Labute approximate surface area is 113 Å². The Balaban J connectivity index is 1.40. The molecule has 0 bridgehead atoms. The third-order valence-electron chi connectivity index (χ3n) is 4.58. The first-order valence-corrected chi connectivity index (χ1v) is 7.99. The standard InChI is InChI=1S/C14H23N3S/c1-2-12-9-17-13(18-12)10-16-8-11-7-14(11)3-5-15-6-4-14/h9,11,15-16H,2-8,10H2,1H3. The van der Waals surface area contributed by atoms with Gasteiger partial charge in [0.15, 0.2) is 0 Å². The number of thiazole rings is 1. The monoisotopic (exact) mass is 265 g/mol. The summed E-state index contributed by atoms with van der Waals surface area (Å²) in [6, 6.07) is 0. The summed E-state index contributed by atoms with van der Waals surface area (Å²) in [5.41, 5.74) is 0.704. The first kappa shape index (κ1) is 12.6. The lowest BCUT2D eigenvalue weighted by Crippen LogP contribution is -2.31. The van der Waals surface area contributed by atoms with E-state index >= 15 is 0 Å². The molecule has 1 atom stereocenters. The fourth-order valence-corrected chi connectivity index (χ4v) is 4.04. The molecule has 0 amide bonds. The average molecular weight is 265 g/mol. The minimum atomic E-state index is 0.704. The molecule has 1 aliphatic heterocycles. The molecule has 1 aliphatic carbocycles. The van der Waals surface area contributed by atoms with Crippen LogP contribution < -0.4 is 10.6 Å². The topological polar surface area (TPSA) is 37.0 Å². The highest BCUT2D eigenvalue weighted by atomic mass is 32.1. The highest BCUT2D eigenvalue weighted by Gasteiger charge is 2.52. The van der Waals surface area contributed by atoms with E-state index in [9.17, 15) is 0 Å². The Kier molecular flexibility index (Phi) is 3.68. The van der Waals surface area contributed by atoms with Crippen LogP contribution >= 0.6 is 11.3 Å². The van der Waals surface area contributed by atoms with Crippen molar-refractivity contribution in [2.75, 3.05) is 19.6 Å². The average Bonchev–Trinajstić information content (AvgIpc) is 2.88. The minimum absolute atomic E-state index is 0.704. The summed E-state index contributed by atoms with van der Waals surface area (Å²) in [6.07, 6.45) is 7.34. The van der Waals surface area contributed by atoms with Crippen molar-refractivity contribution >= 4 is 11.3 Å². The van der Waals surface area contributed by atoms with Crippen LogP contribution in [0.5, 0.6) is 0 Å². The maximum atomic E-state index is 4.45. The Bertz CT molecular complexity index is 395. The van der Waals surface area contributed by atoms with E-state index in [-0.39, 0.29) is 0 Å². The number of aryl methyl sites for hydroxylation is 1. The smallest absolute Gasteiger partial charge is 0.107 e. The molecule has 1 saturated carbocycles. The maximum Gasteiger partial charge on any atom is 0.107 e. The van der Waals surface area contributed by atoms with Gasteiger partial charge >= 0.3 is 0 Å². The molecule has 2 N–H and O–H groups in total. The lowest BCUT2D eigenvalue weighted by atomic mass is 9.92. The molecule has 18 heavy (non-hydrogen) atoms. The van der Waals surface area contributed by atoms with Crippen molar-refractivity contribution in [1.82, 2.24) is 15.6 Å². The van der Waals surface area contributed by atoms with E-state index in [1.807, 2.05) is 17.5 Å². The summed E-state index contributed by atoms with van der Waals surface area (Å²) in [7, 11) is 0. The second-order valence-corrected chi connectivity index (χ2v) is 6.92. The number of nitrogens with one attached hydrogen (secondary N) is 2. The number of rotatable bonds is 5. The SMILES string of the molecule is CCc1cnc(CNCC2CC23CCNCC3)s1. The van der Waals surface area contributed by atoms with E-state index < -0.39 is 0 Å². The van der Waals surface area contributed by atoms with Gasteiger partial charge in [-0.3, -0.25) is 0 Å². The van der Waals surface area contributed by atoms with Gasteiger partial charge in [-0.25, -0.2) is 4.98 Å². The second-order valence-electron chi connectivity index (χ2n) is 5.72. The van der Waals surface area contributed by atoms with Gasteiger partial charge in [-0.1, -0.05) is 6.92 Å². The number of aromatic nitrogens is 1. The van der Waals surface area contributed by atoms with Gasteiger partial charge in [-0.15, -0.1) is 11.3 Å². The van der Waals surface area contributed by atoms with Gasteiger partial charge in [-0.05, 0) is 56.7 Å². The van der Waals surface area contributed by atoms with Gasteiger partial charge in [0.1, 0.15) is 5.01 Å². The largest absolute Gasteiger partial charge is 0.317 e. The molecule has 1 saturated heterocycles. The normalized spacial score (nSPS) is 25.5. The zero-order chi connectivity index (χ0) is 12.4. The Hall–Kier alpha value is -0.450. The fraction of sp³-hybridized carbons (Fsp3) is 0.786. The molecule has 1 spiro atoms. The molecule has 1 unspecified atom stereocenters. The van der Waals surface area contributed by atoms with Crippen molar-refractivity contribution in [3.63, 3.8) is 0 Å². The van der Waals surface area contributed by atoms with Crippen LogP contribution in [-0.4, -0.2) is 24.6 Å². The quantitative estimate of drug-likeness (QED) is 0.857. The van der Waals surface area contributed by atoms with Crippen LogP contribution in [0.25, 0.3) is 0 Å². The van der Waals surface area contributed by atoms with Crippen LogP contribution in [0.4, 0.5) is 0 Å². The molecular formula is C14H23N3S. The molecule has 0 radical (unpaired) electrons. The van der Waals surface area contributed by atoms with Crippen molar-refractivity contribution in [2.45, 2.75) is 39.2 Å². The Morgan fingerprint density at radius 2 is 2.33 bits per heavy atom. The molecule has 4 heteroatoms. The maximum absolute atomic E-state index is 4.45. The zero-order valence-corrected chi connectivity index (χ0v) is 12.0. The number of piperidine rings is 1. The third-order valence-corrected chi connectivity index (χ3v) is 5.72. The molecule has 1 aromatic rings. The van der Waals surface area contributed by atoms with Crippen LogP contribution in [0.1, 0.15) is 36.1 Å². The molecule has 100 valence electrons. The predicted molar refractivity (Wildman–Crippen MR) is 75.8 cm³/mol. The lowest BCUT2D eigenvalue weighted by Gasteiger charge is -2.23. The van der Waals surface area contributed by atoms with Crippen molar-refractivity contribution in [3.05, 3.63) is 16.1 Å². The van der Waals surface area contributed by atoms with Gasteiger partial charge in [0.2, 0.25) is 0 Å². The highest BCUT2D eigenvalue weighted by molar-refractivity contribution is 7.11. The summed E-state index contributed by atoms with van der Waals surface area (Å²) in [6.45, 7) is 6.78. The van der Waals surface area contributed by atoms with Crippen molar-refractivity contribution in [2.24, 2.45) is 11.3 Å². The predicted octanol–water partition coefficient (Wildman–Crippen LogP) is 2.18. The van der Waals surface area contributed by atoms with E-state index in [1.165, 1.54) is 48.8 Å². The molecule has 2 fully saturated rings. The molecule has 2 aliphatic rings. The van der Waals surface area contributed by atoms with Crippen molar-refractivity contribution in [3.8, 4) is 0 Å². The number of hydrogen-bond donors (Lipinski definition) is 2. The fourth-order valence-electron chi connectivity index (χ4n) is 3.20. The van der Waals surface area contributed by atoms with Crippen LogP contribution in [0.3, 0.4) is 0 Å². The third kappa shape index (κ3) is 2.60. The van der Waals surface area contributed by atoms with E-state index in [0.717, 1.165) is 18.9 Å². The van der Waals surface area contributed by atoms with Crippen LogP contribution in [0.15, 0.2) is 6.20 Å². The van der Waals surface area contributed by atoms with E-state index in [2.05, 4.69) is 22.5 Å². The molecule has 2 heterocycles. The summed E-state index contributed by atoms with van der Waals surface area (Å²) in [5, 5.41) is 8.31. The first-order valence-electron chi connectivity index (χ1n) is 7.17. The highest BCUT2D eigenvalue weighted by Crippen LogP contribution is 2.58. The van der Waals surface area contributed by atoms with Crippen molar-refractivity contribution < 1.29 is 0 Å². The van der Waals surface area contributed by atoms with Gasteiger partial charge in [0, 0.05) is 17.6 Å². The van der Waals surface area contributed by atoms with E-state index in [1.54, 1.807) is 0 Å². The van der Waals surface area contributed by atoms with Crippen LogP contribution in [0, 0.1) is 11.3 Å². The van der Waals surface area contributed by atoms with Crippen LogP contribution in [-0.2, 0) is 13.0 Å². The van der Waals surface area contributed by atoms with E-state index in [0.29, 0.717) is 5.41 Å². The van der Waals surface area contributed by atoms with E-state index in [4.69, 9.17) is 0 Å². The zero-order valence-electron chi connectivity index (χ0n) is 11.2. The molecule has 3 rings (SSSR count).